The van der Waals surface area contributed by atoms with Gasteiger partial charge in [0, 0.05) is 5.56 Å². The molecule has 1 aromatic carbocycles. The van der Waals surface area contributed by atoms with E-state index < -0.39 is 0 Å². The van der Waals surface area contributed by atoms with Gasteiger partial charge in [0.15, 0.2) is 0 Å². The lowest BCUT2D eigenvalue weighted by molar-refractivity contribution is -0.140. The van der Waals surface area contributed by atoms with Crippen molar-refractivity contribution in [1.82, 2.24) is 4.98 Å². The van der Waals surface area contributed by atoms with Crippen LogP contribution in [0.25, 0.3) is 11.3 Å². The van der Waals surface area contributed by atoms with E-state index in [0.29, 0.717) is 5.75 Å². The van der Waals surface area contributed by atoms with E-state index in [9.17, 15) is 4.79 Å². The Morgan fingerprint density at radius 3 is 2.08 bits per heavy atom. The third-order valence-electron chi connectivity index (χ3n) is 7.52. The summed E-state index contributed by atoms with van der Waals surface area (Å²) in [6.07, 6.45) is 20.2. The largest absolute Gasteiger partial charge is 0.492 e. The summed E-state index contributed by atoms with van der Waals surface area (Å²) in [4.78, 5) is 17.2. The van der Waals surface area contributed by atoms with Crippen molar-refractivity contribution in [2.75, 3.05) is 6.61 Å². The summed E-state index contributed by atoms with van der Waals surface area (Å²) < 4.78 is 11.6. The number of carbonyl (C=O) groups is 1. The Kier molecular flexibility index (Phi) is 12.9. The molecule has 0 atom stereocenters. The molecule has 0 aliphatic heterocycles. The molecule has 3 rings (SSSR count). The summed E-state index contributed by atoms with van der Waals surface area (Å²) in [6.45, 7) is 5.24. The van der Waals surface area contributed by atoms with Gasteiger partial charge < -0.3 is 9.47 Å². The number of unbranched alkanes of at least 4 members (excludes halogenated alkanes) is 8. The summed E-state index contributed by atoms with van der Waals surface area (Å²) in [5.74, 6) is 2.20. The average Bonchev–Trinajstić information content (AvgIpc) is 2.92. The fourth-order valence-corrected chi connectivity index (χ4v) is 5.15. The van der Waals surface area contributed by atoms with Crippen molar-refractivity contribution in [1.29, 1.82) is 0 Å². The number of aromatic nitrogens is 1. The lowest BCUT2D eigenvalue weighted by Gasteiger charge is -2.27. The van der Waals surface area contributed by atoms with Crippen molar-refractivity contribution >= 4 is 5.97 Å². The second-order valence-electron chi connectivity index (χ2n) is 10.5. The molecule has 1 aliphatic carbocycles. The van der Waals surface area contributed by atoms with Crippen LogP contribution < -0.4 is 9.47 Å². The minimum atomic E-state index is -0.0721. The topological polar surface area (TPSA) is 48.4 Å². The van der Waals surface area contributed by atoms with Crippen LogP contribution in [0.2, 0.25) is 0 Å². The van der Waals surface area contributed by atoms with Crippen LogP contribution in [0.15, 0.2) is 42.6 Å². The first-order chi connectivity index (χ1) is 17.7. The molecule has 36 heavy (non-hydrogen) atoms. The van der Waals surface area contributed by atoms with E-state index in [-0.39, 0.29) is 11.9 Å². The molecule has 1 aromatic heterocycles. The maximum atomic E-state index is 12.7. The van der Waals surface area contributed by atoms with Gasteiger partial charge in [-0.2, -0.15) is 0 Å². The van der Waals surface area contributed by atoms with Crippen LogP contribution in [0.1, 0.15) is 110 Å². The standard InChI is InChI=1S/C32H47NO3/c1-3-5-7-9-10-12-24-35-30-22-23-31(33-25-30)27-18-20-29(21-19-27)36-32(34)28-16-14-26(15-17-28)13-11-8-6-4-2/h18-23,25-26,28H,3-17,24H2,1-2H3/t26-,28-. The number of esters is 1. The zero-order chi connectivity index (χ0) is 25.4. The van der Waals surface area contributed by atoms with Crippen LogP contribution in [0.5, 0.6) is 11.5 Å². The van der Waals surface area contributed by atoms with E-state index in [2.05, 4.69) is 18.8 Å². The van der Waals surface area contributed by atoms with Gasteiger partial charge in [-0.25, -0.2) is 0 Å². The van der Waals surface area contributed by atoms with Crippen molar-refractivity contribution in [3.05, 3.63) is 42.6 Å². The fraction of sp³-hybridized carbons (Fsp3) is 0.625. The molecule has 198 valence electrons. The number of ether oxygens (including phenoxy) is 2. The predicted octanol–water partition coefficient (Wildman–Crippen LogP) is 9.17. The Morgan fingerprint density at radius 2 is 1.42 bits per heavy atom. The van der Waals surface area contributed by atoms with Gasteiger partial charge in [0.25, 0.3) is 0 Å². The van der Waals surface area contributed by atoms with Gasteiger partial charge in [0.05, 0.1) is 24.4 Å². The molecule has 1 aliphatic rings. The average molecular weight is 494 g/mol. The zero-order valence-electron chi connectivity index (χ0n) is 22.7. The molecule has 0 unspecified atom stereocenters. The SMILES string of the molecule is CCCCCCCCOc1ccc(-c2ccc(OC(=O)[C@H]3CC[C@H](CCCCCC)CC3)cc2)nc1. The minimum absolute atomic E-state index is 0.0436. The highest BCUT2D eigenvalue weighted by Crippen LogP contribution is 2.33. The first-order valence-corrected chi connectivity index (χ1v) is 14.6. The maximum absolute atomic E-state index is 12.7. The second-order valence-corrected chi connectivity index (χ2v) is 10.5. The predicted molar refractivity (Wildman–Crippen MR) is 148 cm³/mol. The van der Waals surface area contributed by atoms with Crippen molar-refractivity contribution in [2.24, 2.45) is 11.8 Å². The number of hydrogen-bond donors (Lipinski definition) is 0. The molecular weight excluding hydrogens is 446 g/mol. The minimum Gasteiger partial charge on any atom is -0.492 e. The molecule has 2 aromatic rings. The zero-order valence-corrected chi connectivity index (χ0v) is 22.7. The molecule has 1 heterocycles. The molecule has 0 bridgehead atoms. The van der Waals surface area contributed by atoms with Gasteiger partial charge >= 0.3 is 5.97 Å². The number of pyridine rings is 1. The molecule has 1 fully saturated rings. The third kappa shape index (κ3) is 9.95. The Morgan fingerprint density at radius 1 is 0.778 bits per heavy atom. The van der Waals surface area contributed by atoms with Crippen LogP contribution in [0.3, 0.4) is 0 Å². The van der Waals surface area contributed by atoms with E-state index in [4.69, 9.17) is 9.47 Å². The Hall–Kier alpha value is -2.36. The van der Waals surface area contributed by atoms with Crippen molar-refractivity contribution in [3.63, 3.8) is 0 Å². The monoisotopic (exact) mass is 493 g/mol. The maximum Gasteiger partial charge on any atom is 0.314 e. The van der Waals surface area contributed by atoms with Crippen LogP contribution in [-0.2, 0) is 4.79 Å². The quantitative estimate of drug-likeness (QED) is 0.133. The molecule has 0 spiro atoms. The lowest BCUT2D eigenvalue weighted by atomic mass is 9.80. The Labute approximate surface area is 219 Å². The molecule has 0 N–H and O–H groups in total. The molecule has 4 nitrogen and oxygen atoms in total. The van der Waals surface area contributed by atoms with Crippen LogP contribution in [0.4, 0.5) is 0 Å². The van der Waals surface area contributed by atoms with Crippen LogP contribution in [0, 0.1) is 11.8 Å². The third-order valence-corrected chi connectivity index (χ3v) is 7.52. The lowest BCUT2D eigenvalue weighted by Crippen LogP contribution is -2.25. The fourth-order valence-electron chi connectivity index (χ4n) is 5.15. The molecule has 1 saturated carbocycles. The highest BCUT2D eigenvalue weighted by molar-refractivity contribution is 5.75. The van der Waals surface area contributed by atoms with Crippen molar-refractivity contribution < 1.29 is 14.3 Å². The molecular formula is C32H47NO3. The van der Waals surface area contributed by atoms with Crippen molar-refractivity contribution in [2.45, 2.75) is 110 Å². The Bertz CT molecular complexity index is 854. The van der Waals surface area contributed by atoms with E-state index in [0.717, 1.165) is 61.6 Å². The summed E-state index contributed by atoms with van der Waals surface area (Å²) in [7, 11) is 0. The first kappa shape index (κ1) is 28.2. The van der Waals surface area contributed by atoms with Crippen LogP contribution in [-0.4, -0.2) is 17.6 Å². The summed E-state index contributed by atoms with van der Waals surface area (Å²) >= 11 is 0. The van der Waals surface area contributed by atoms with Gasteiger partial charge in [-0.15, -0.1) is 0 Å². The molecule has 0 radical (unpaired) electrons. The van der Waals surface area contributed by atoms with E-state index in [1.165, 1.54) is 64.2 Å². The number of nitrogens with zero attached hydrogens (tertiary/aromatic N) is 1. The molecule has 0 saturated heterocycles. The number of carbonyl (C=O) groups excluding carboxylic acids is 1. The van der Waals surface area contributed by atoms with Gasteiger partial charge in [-0.05, 0) is 74.4 Å². The smallest absolute Gasteiger partial charge is 0.314 e. The number of benzene rings is 1. The summed E-state index contributed by atoms with van der Waals surface area (Å²) in [5, 5.41) is 0. The normalized spacial score (nSPS) is 17.6. The number of hydrogen-bond acceptors (Lipinski definition) is 4. The van der Waals surface area contributed by atoms with Crippen LogP contribution >= 0.6 is 0 Å². The second kappa shape index (κ2) is 16.4. The van der Waals surface area contributed by atoms with Gasteiger partial charge in [-0.1, -0.05) is 78.1 Å². The summed E-state index contributed by atoms with van der Waals surface area (Å²) in [6, 6.07) is 11.6. The highest BCUT2D eigenvalue weighted by atomic mass is 16.5. The summed E-state index contributed by atoms with van der Waals surface area (Å²) in [5.41, 5.74) is 1.89. The first-order valence-electron chi connectivity index (χ1n) is 14.6. The van der Waals surface area contributed by atoms with E-state index >= 15 is 0 Å². The molecule has 4 heteroatoms. The van der Waals surface area contributed by atoms with Gasteiger partial charge in [-0.3, -0.25) is 9.78 Å². The highest BCUT2D eigenvalue weighted by Gasteiger charge is 2.27. The molecule has 0 amide bonds. The van der Waals surface area contributed by atoms with Gasteiger partial charge in [0.2, 0.25) is 0 Å². The van der Waals surface area contributed by atoms with Gasteiger partial charge in [0.1, 0.15) is 11.5 Å². The van der Waals surface area contributed by atoms with Crippen molar-refractivity contribution in [3.8, 4) is 22.8 Å². The Balaban J connectivity index is 1.37. The van der Waals surface area contributed by atoms with E-state index in [1.54, 1.807) is 6.20 Å². The number of rotatable bonds is 16. The van der Waals surface area contributed by atoms with E-state index in [1.807, 2.05) is 36.4 Å².